The number of aliphatic hydroxyl groups is 2. The van der Waals surface area contributed by atoms with Gasteiger partial charge in [-0.2, -0.15) is 11.3 Å². The van der Waals surface area contributed by atoms with Gasteiger partial charge in [0.2, 0.25) is 5.91 Å². The van der Waals surface area contributed by atoms with Gasteiger partial charge >= 0.3 is 12.1 Å². The third-order valence-corrected chi connectivity index (χ3v) is 8.01. The number of carboxylic acids is 1. The smallest absolute Gasteiger partial charge is 0.411 e. The molecule has 0 bridgehead atoms. The summed E-state index contributed by atoms with van der Waals surface area (Å²) in [5.74, 6) is -8.51. The fourth-order valence-corrected chi connectivity index (χ4v) is 5.47. The number of nitrogens with one attached hydrogen (secondary N) is 3. The normalized spacial score (nSPS) is 22.0. The molecule has 3 amide bonds. The van der Waals surface area contributed by atoms with E-state index in [4.69, 9.17) is 25.8 Å². The zero-order valence-corrected chi connectivity index (χ0v) is 26.1. The van der Waals surface area contributed by atoms with E-state index in [2.05, 4.69) is 16.0 Å². The quantitative estimate of drug-likeness (QED) is 0.164. The van der Waals surface area contributed by atoms with Crippen molar-refractivity contribution in [1.29, 1.82) is 0 Å². The Morgan fingerprint density at radius 3 is 2.49 bits per heavy atom. The Morgan fingerprint density at radius 1 is 1.13 bits per heavy atom. The molecule has 252 valence electrons. The average molecular weight is 698 g/mol. The number of carbonyl (C=O) groups excluding carboxylic acids is 3. The van der Waals surface area contributed by atoms with Gasteiger partial charge in [-0.3, -0.25) is 14.9 Å². The van der Waals surface area contributed by atoms with E-state index in [0.29, 0.717) is 10.7 Å². The predicted octanol–water partition coefficient (Wildman–Crippen LogP) is 3.04. The van der Waals surface area contributed by atoms with Gasteiger partial charge in [0, 0.05) is 35.0 Å². The van der Waals surface area contributed by atoms with Gasteiger partial charge in [-0.1, -0.05) is 23.7 Å². The van der Waals surface area contributed by atoms with Crippen LogP contribution in [0.4, 0.5) is 19.3 Å². The summed E-state index contributed by atoms with van der Waals surface area (Å²) in [5.41, 5.74) is 0.135. The lowest BCUT2D eigenvalue weighted by molar-refractivity contribution is -0.313. The molecule has 6 N–H and O–H groups in total. The van der Waals surface area contributed by atoms with Gasteiger partial charge in [-0.25, -0.2) is 18.4 Å². The van der Waals surface area contributed by atoms with Crippen LogP contribution in [0.1, 0.15) is 29.3 Å². The number of rotatable bonds is 12. The molecule has 0 saturated carbocycles. The highest BCUT2D eigenvalue weighted by Crippen LogP contribution is 2.36. The number of thiophene rings is 1. The number of carbonyl (C=O) groups is 4. The third-order valence-electron chi connectivity index (χ3n) is 7.07. The number of ether oxygens (including phenoxy) is 3. The van der Waals surface area contributed by atoms with Gasteiger partial charge in [0.1, 0.15) is 18.3 Å². The van der Waals surface area contributed by atoms with Crippen molar-refractivity contribution in [3.63, 3.8) is 0 Å². The largest absolute Gasteiger partial charge is 0.477 e. The van der Waals surface area contributed by atoms with Crippen LogP contribution in [0.15, 0.2) is 59.3 Å². The zero-order chi connectivity index (χ0) is 34.3. The first-order valence-corrected chi connectivity index (χ1v) is 15.3. The highest BCUT2D eigenvalue weighted by molar-refractivity contribution is 7.08. The minimum Gasteiger partial charge on any atom is -0.477 e. The summed E-state index contributed by atoms with van der Waals surface area (Å²) in [6.45, 7) is -0.344. The van der Waals surface area contributed by atoms with Crippen molar-refractivity contribution in [2.45, 2.75) is 56.2 Å². The molecule has 0 radical (unpaired) electrons. The first-order chi connectivity index (χ1) is 22.3. The number of hydrogen-bond acceptors (Lipinski definition) is 10. The number of halogens is 3. The first-order valence-electron chi connectivity index (χ1n) is 13.9. The fourth-order valence-electron chi connectivity index (χ4n) is 4.76. The maximum Gasteiger partial charge on any atom is 0.411 e. The Balaban J connectivity index is 1.64. The minimum absolute atomic E-state index is 0.175. The molecule has 4 rings (SSSR count). The number of anilines is 1. The third kappa shape index (κ3) is 9.00. The van der Waals surface area contributed by atoms with E-state index >= 15 is 0 Å². The molecular formula is C30H30ClF2N3O10S. The molecule has 1 aliphatic heterocycles. The Bertz CT molecular complexity index is 1580. The van der Waals surface area contributed by atoms with Crippen LogP contribution in [0.3, 0.4) is 0 Å². The highest BCUT2D eigenvalue weighted by Gasteiger charge is 2.57. The number of benzene rings is 2. The molecule has 13 nitrogen and oxygen atoms in total. The summed E-state index contributed by atoms with van der Waals surface area (Å²) >= 11 is 7.11. The van der Waals surface area contributed by atoms with Crippen LogP contribution in [0, 0.1) is 11.6 Å². The van der Waals surface area contributed by atoms with Gasteiger partial charge in [0.15, 0.2) is 11.6 Å². The SMILES string of the molecule is CC(=O)N[C@H]1[C@H]([C@H](O)[C@H](O)CNC(=O)c2ccc(Cl)cc2)O[C@@](OCc2cccc(F)c2F)(C(=O)O)C[C@@H]1OC(=O)Nc1ccsc1. The van der Waals surface area contributed by atoms with Crippen molar-refractivity contribution in [2.24, 2.45) is 0 Å². The Hall–Kier alpha value is -4.19. The maximum absolute atomic E-state index is 14.4. The summed E-state index contributed by atoms with van der Waals surface area (Å²) in [4.78, 5) is 50.4. The topological polar surface area (TPSA) is 193 Å². The number of aliphatic carboxylic acids is 1. The Kier molecular flexibility index (Phi) is 11.8. The van der Waals surface area contributed by atoms with Gasteiger partial charge < -0.3 is 40.2 Å². The molecule has 0 unspecified atom stereocenters. The van der Waals surface area contributed by atoms with Crippen LogP contribution in [-0.4, -0.2) is 82.0 Å². The van der Waals surface area contributed by atoms with Gasteiger partial charge in [0.25, 0.3) is 11.7 Å². The van der Waals surface area contributed by atoms with Gasteiger partial charge in [0.05, 0.1) is 30.9 Å². The lowest BCUT2D eigenvalue weighted by Gasteiger charge is -2.47. The Labute approximate surface area is 275 Å². The van der Waals surface area contributed by atoms with E-state index in [0.717, 1.165) is 19.1 Å². The van der Waals surface area contributed by atoms with E-state index < -0.39 is 91.3 Å². The molecule has 2 heterocycles. The molecule has 1 aromatic heterocycles. The second kappa shape index (κ2) is 15.6. The van der Waals surface area contributed by atoms with E-state index in [1.54, 1.807) is 16.8 Å². The molecule has 17 heteroatoms. The van der Waals surface area contributed by atoms with E-state index in [-0.39, 0.29) is 11.1 Å². The molecule has 3 aromatic rings. The second-order valence-electron chi connectivity index (χ2n) is 10.4. The lowest BCUT2D eigenvalue weighted by Crippen LogP contribution is -2.68. The van der Waals surface area contributed by atoms with Crippen molar-refractivity contribution in [3.8, 4) is 0 Å². The van der Waals surface area contributed by atoms with E-state index in [9.17, 15) is 43.3 Å². The maximum atomic E-state index is 14.4. The monoisotopic (exact) mass is 697 g/mol. The van der Waals surface area contributed by atoms with Crippen LogP contribution in [0.25, 0.3) is 0 Å². The van der Waals surface area contributed by atoms with Crippen molar-refractivity contribution in [1.82, 2.24) is 10.6 Å². The summed E-state index contributed by atoms with van der Waals surface area (Å²) in [6, 6.07) is 8.98. The average Bonchev–Trinajstić information content (AvgIpc) is 3.54. The Morgan fingerprint density at radius 2 is 1.85 bits per heavy atom. The zero-order valence-electron chi connectivity index (χ0n) is 24.5. The predicted molar refractivity (Wildman–Crippen MR) is 163 cm³/mol. The molecule has 47 heavy (non-hydrogen) atoms. The van der Waals surface area contributed by atoms with Crippen molar-refractivity contribution in [3.05, 3.63) is 87.1 Å². The van der Waals surface area contributed by atoms with Crippen molar-refractivity contribution < 1.29 is 57.5 Å². The van der Waals surface area contributed by atoms with Gasteiger partial charge in [-0.05, 0) is 41.8 Å². The van der Waals surface area contributed by atoms with Crippen LogP contribution >= 0.6 is 22.9 Å². The minimum atomic E-state index is -2.79. The molecule has 0 aliphatic carbocycles. The molecule has 0 spiro atoms. The summed E-state index contributed by atoms with van der Waals surface area (Å²) in [5, 5.41) is 43.4. The van der Waals surface area contributed by atoms with Crippen molar-refractivity contribution >= 4 is 52.5 Å². The fraction of sp³-hybridized carbons (Fsp3) is 0.333. The van der Waals surface area contributed by atoms with Crippen LogP contribution in [0.2, 0.25) is 5.02 Å². The number of hydrogen-bond donors (Lipinski definition) is 6. The van der Waals surface area contributed by atoms with Gasteiger partial charge in [-0.15, -0.1) is 0 Å². The van der Waals surface area contributed by atoms with Crippen LogP contribution < -0.4 is 16.0 Å². The standard InChI is InChI=1S/C30H30ClF2N3O10S/c1-15(37)35-24-22(45-29(43)36-19-9-10-47-14-19)11-30(28(41)42,44-13-17-3-2-4-20(32)23(17)33)46-26(24)25(39)21(38)12-34-27(40)16-5-7-18(31)8-6-16/h2-10,14,21-22,24-26,38-39H,11-13H2,1H3,(H,34,40)(H,35,37)(H,36,43)(H,41,42)/t21-,22+,24-,25-,26-,30-/m1/s1. The van der Waals surface area contributed by atoms with E-state index in [1.165, 1.54) is 41.7 Å². The van der Waals surface area contributed by atoms with E-state index in [1.807, 2.05) is 0 Å². The molecule has 1 fully saturated rings. The van der Waals surface area contributed by atoms with Crippen molar-refractivity contribution in [2.75, 3.05) is 11.9 Å². The highest BCUT2D eigenvalue weighted by atomic mass is 35.5. The number of carboxylic acid groups (broad SMARTS) is 1. The number of amides is 3. The van der Waals surface area contributed by atoms with Crippen LogP contribution in [-0.2, 0) is 30.4 Å². The molecular weight excluding hydrogens is 668 g/mol. The molecule has 2 aromatic carbocycles. The second-order valence-corrected chi connectivity index (χ2v) is 11.6. The summed E-state index contributed by atoms with van der Waals surface area (Å²) in [7, 11) is 0. The first kappa shape index (κ1) is 35.7. The molecule has 1 saturated heterocycles. The summed E-state index contributed by atoms with van der Waals surface area (Å²) in [6.07, 6.45) is -9.27. The molecule has 1 aliphatic rings. The molecule has 6 atom stereocenters. The lowest BCUT2D eigenvalue weighted by atomic mass is 9.88. The summed E-state index contributed by atoms with van der Waals surface area (Å²) < 4.78 is 45.1. The van der Waals surface area contributed by atoms with Crippen LogP contribution in [0.5, 0.6) is 0 Å². The number of aliphatic hydroxyl groups excluding tert-OH is 2.